The van der Waals surface area contributed by atoms with Crippen molar-refractivity contribution >= 4 is 5.69 Å². The van der Waals surface area contributed by atoms with E-state index in [0.717, 1.165) is 24.9 Å². The summed E-state index contributed by atoms with van der Waals surface area (Å²) in [5, 5.41) is 8.90. The van der Waals surface area contributed by atoms with Crippen LogP contribution in [-0.2, 0) is 13.0 Å². The summed E-state index contributed by atoms with van der Waals surface area (Å²) < 4.78 is 13.4. The van der Waals surface area contributed by atoms with E-state index in [9.17, 15) is 4.39 Å². The monoisotopic (exact) mass is 266 g/mol. The maximum atomic E-state index is 13.4. The van der Waals surface area contributed by atoms with Gasteiger partial charge >= 0.3 is 0 Å². The number of para-hydroxylation sites is 1. The summed E-state index contributed by atoms with van der Waals surface area (Å²) in [6.07, 6.45) is 2.24. The lowest BCUT2D eigenvalue weighted by atomic mass is 10.0. The minimum Gasteiger partial charge on any atom is -0.367 e. The van der Waals surface area contributed by atoms with Gasteiger partial charge in [0.2, 0.25) is 0 Å². The first-order chi connectivity index (χ1) is 9.78. The highest BCUT2D eigenvalue weighted by Crippen LogP contribution is 2.28. The lowest BCUT2D eigenvalue weighted by Gasteiger charge is -2.31. The Morgan fingerprint density at radius 1 is 1.20 bits per heavy atom. The molecule has 2 aromatic rings. The predicted octanol–water partition coefficient (Wildman–Crippen LogP) is 3.65. The Labute approximate surface area is 118 Å². The fourth-order valence-electron chi connectivity index (χ4n) is 2.75. The normalized spacial score (nSPS) is 13.7. The van der Waals surface area contributed by atoms with Crippen molar-refractivity contribution < 1.29 is 4.39 Å². The Hall–Kier alpha value is -2.34. The zero-order valence-electron chi connectivity index (χ0n) is 11.1. The van der Waals surface area contributed by atoms with Crippen LogP contribution in [0.5, 0.6) is 0 Å². The second-order valence-corrected chi connectivity index (χ2v) is 5.08. The number of hydrogen-bond donors (Lipinski definition) is 0. The Kier molecular flexibility index (Phi) is 3.39. The molecule has 3 rings (SSSR count). The Morgan fingerprint density at radius 2 is 2.05 bits per heavy atom. The van der Waals surface area contributed by atoms with E-state index in [1.165, 1.54) is 17.3 Å². The molecule has 3 heteroatoms. The van der Waals surface area contributed by atoms with Gasteiger partial charge in [-0.25, -0.2) is 4.39 Å². The van der Waals surface area contributed by atoms with Crippen LogP contribution in [0.4, 0.5) is 10.1 Å². The van der Waals surface area contributed by atoms with Crippen LogP contribution in [-0.4, -0.2) is 6.54 Å². The summed E-state index contributed by atoms with van der Waals surface area (Å²) in [5.74, 6) is -0.449. The molecule has 0 saturated carbocycles. The van der Waals surface area contributed by atoms with Crippen molar-refractivity contribution in [1.29, 1.82) is 5.26 Å². The lowest BCUT2D eigenvalue weighted by molar-refractivity contribution is 0.622. The topological polar surface area (TPSA) is 27.0 Å². The fraction of sp³-hybridized carbons (Fsp3) is 0.235. The predicted molar refractivity (Wildman–Crippen MR) is 76.9 cm³/mol. The summed E-state index contributed by atoms with van der Waals surface area (Å²) in [6.45, 7) is 1.71. The number of aryl methyl sites for hydroxylation is 1. The molecule has 0 radical (unpaired) electrons. The average Bonchev–Trinajstić information content (AvgIpc) is 2.49. The molecule has 0 amide bonds. The zero-order valence-corrected chi connectivity index (χ0v) is 11.1. The van der Waals surface area contributed by atoms with Gasteiger partial charge in [-0.2, -0.15) is 5.26 Å². The minimum absolute atomic E-state index is 0.118. The van der Waals surface area contributed by atoms with E-state index in [2.05, 4.69) is 23.1 Å². The van der Waals surface area contributed by atoms with Gasteiger partial charge in [-0.1, -0.05) is 24.3 Å². The molecule has 0 saturated heterocycles. The molecule has 0 fully saturated rings. The molecule has 0 N–H and O–H groups in total. The second-order valence-electron chi connectivity index (χ2n) is 5.08. The Balaban J connectivity index is 1.88. The van der Waals surface area contributed by atoms with Crippen LogP contribution in [0, 0.1) is 17.1 Å². The van der Waals surface area contributed by atoms with Gasteiger partial charge in [-0.15, -0.1) is 0 Å². The van der Waals surface area contributed by atoms with Crippen LogP contribution in [0.3, 0.4) is 0 Å². The number of nitriles is 1. The van der Waals surface area contributed by atoms with Gasteiger partial charge in [0, 0.05) is 18.8 Å². The summed E-state index contributed by atoms with van der Waals surface area (Å²) in [7, 11) is 0. The standard InChI is InChI=1S/C17H15FN2/c18-16-8-7-13(10-15(16)11-19)12-20-9-3-5-14-4-1-2-6-17(14)20/h1-2,4,6-8,10H,3,5,9,12H2. The van der Waals surface area contributed by atoms with E-state index in [0.29, 0.717) is 6.54 Å². The van der Waals surface area contributed by atoms with Gasteiger partial charge in [0.05, 0.1) is 5.56 Å². The van der Waals surface area contributed by atoms with Crippen LogP contribution >= 0.6 is 0 Å². The summed E-state index contributed by atoms with van der Waals surface area (Å²) in [4.78, 5) is 2.30. The van der Waals surface area contributed by atoms with E-state index < -0.39 is 5.82 Å². The number of anilines is 1. The molecule has 1 heterocycles. The van der Waals surface area contributed by atoms with Gasteiger partial charge in [-0.3, -0.25) is 0 Å². The quantitative estimate of drug-likeness (QED) is 0.829. The third-order valence-electron chi connectivity index (χ3n) is 3.73. The molecule has 2 nitrogen and oxygen atoms in total. The molecule has 100 valence electrons. The number of fused-ring (bicyclic) bond motifs is 1. The Morgan fingerprint density at radius 3 is 2.90 bits per heavy atom. The molecule has 1 aliphatic heterocycles. The van der Waals surface area contributed by atoms with Gasteiger partial charge < -0.3 is 4.90 Å². The zero-order chi connectivity index (χ0) is 13.9. The molecular formula is C17H15FN2. The van der Waals surface area contributed by atoms with E-state index in [1.54, 1.807) is 12.1 Å². The number of halogens is 1. The summed E-state index contributed by atoms with van der Waals surface area (Å²) in [6, 6.07) is 15.1. The van der Waals surface area contributed by atoms with E-state index >= 15 is 0 Å². The second kappa shape index (κ2) is 5.34. The molecule has 2 aromatic carbocycles. The van der Waals surface area contributed by atoms with Crippen molar-refractivity contribution in [3.63, 3.8) is 0 Å². The van der Waals surface area contributed by atoms with Gasteiger partial charge in [-0.05, 0) is 42.2 Å². The van der Waals surface area contributed by atoms with Crippen LogP contribution in [0.25, 0.3) is 0 Å². The number of benzene rings is 2. The van der Waals surface area contributed by atoms with Crippen molar-refractivity contribution in [2.75, 3.05) is 11.4 Å². The van der Waals surface area contributed by atoms with Crippen molar-refractivity contribution in [2.24, 2.45) is 0 Å². The van der Waals surface area contributed by atoms with Gasteiger partial charge in [0.1, 0.15) is 11.9 Å². The SMILES string of the molecule is N#Cc1cc(CN2CCCc3ccccc32)ccc1F. The van der Waals surface area contributed by atoms with Crippen molar-refractivity contribution in [3.8, 4) is 6.07 Å². The number of hydrogen-bond acceptors (Lipinski definition) is 2. The van der Waals surface area contributed by atoms with E-state index in [-0.39, 0.29) is 5.56 Å². The van der Waals surface area contributed by atoms with Gasteiger partial charge in [0.15, 0.2) is 0 Å². The average molecular weight is 266 g/mol. The Bertz CT molecular complexity index is 673. The number of rotatable bonds is 2. The van der Waals surface area contributed by atoms with Crippen LogP contribution in [0.2, 0.25) is 0 Å². The summed E-state index contributed by atoms with van der Waals surface area (Å²) in [5.41, 5.74) is 3.70. The van der Waals surface area contributed by atoms with Crippen molar-refractivity contribution in [2.45, 2.75) is 19.4 Å². The number of nitrogens with zero attached hydrogens (tertiary/aromatic N) is 2. The minimum atomic E-state index is -0.449. The van der Waals surface area contributed by atoms with Gasteiger partial charge in [0.25, 0.3) is 0 Å². The lowest BCUT2D eigenvalue weighted by Crippen LogP contribution is -2.28. The maximum absolute atomic E-state index is 13.4. The first kappa shape index (κ1) is 12.7. The van der Waals surface area contributed by atoms with Crippen LogP contribution in [0.1, 0.15) is 23.1 Å². The molecule has 20 heavy (non-hydrogen) atoms. The molecule has 0 aliphatic carbocycles. The highest BCUT2D eigenvalue weighted by Gasteiger charge is 2.16. The van der Waals surface area contributed by atoms with E-state index in [4.69, 9.17) is 5.26 Å². The highest BCUT2D eigenvalue weighted by molar-refractivity contribution is 5.55. The van der Waals surface area contributed by atoms with E-state index in [1.807, 2.05) is 12.1 Å². The van der Waals surface area contributed by atoms with Crippen LogP contribution < -0.4 is 4.90 Å². The fourth-order valence-corrected chi connectivity index (χ4v) is 2.75. The maximum Gasteiger partial charge on any atom is 0.140 e. The van der Waals surface area contributed by atoms with Crippen LogP contribution in [0.15, 0.2) is 42.5 Å². The largest absolute Gasteiger partial charge is 0.367 e. The molecule has 0 aromatic heterocycles. The third-order valence-corrected chi connectivity index (χ3v) is 3.73. The van der Waals surface area contributed by atoms with Crippen molar-refractivity contribution in [1.82, 2.24) is 0 Å². The molecule has 0 bridgehead atoms. The molecular weight excluding hydrogens is 251 g/mol. The third kappa shape index (κ3) is 2.37. The smallest absolute Gasteiger partial charge is 0.140 e. The molecule has 0 spiro atoms. The molecule has 0 unspecified atom stereocenters. The molecule has 1 aliphatic rings. The van der Waals surface area contributed by atoms with Crippen molar-refractivity contribution in [3.05, 3.63) is 65.0 Å². The molecule has 0 atom stereocenters. The first-order valence-electron chi connectivity index (χ1n) is 6.79. The first-order valence-corrected chi connectivity index (χ1v) is 6.79. The summed E-state index contributed by atoms with van der Waals surface area (Å²) >= 11 is 0. The highest BCUT2D eigenvalue weighted by atomic mass is 19.1.